The first-order chi connectivity index (χ1) is 11.4. The maximum atomic E-state index is 13.5. The van der Waals surface area contributed by atoms with Crippen LogP contribution in [0.15, 0.2) is 27.5 Å². The summed E-state index contributed by atoms with van der Waals surface area (Å²) in [6.45, 7) is 3.61. The predicted molar refractivity (Wildman–Crippen MR) is 85.3 cm³/mol. The van der Waals surface area contributed by atoms with Crippen molar-refractivity contribution in [3.05, 3.63) is 41.4 Å². The van der Waals surface area contributed by atoms with Crippen molar-refractivity contribution >= 4 is 10.0 Å². The van der Waals surface area contributed by atoms with Crippen LogP contribution in [-0.2, 0) is 10.0 Å². The first kappa shape index (κ1) is 17.0. The summed E-state index contributed by atoms with van der Waals surface area (Å²) in [6, 6.07) is 3.38. The minimum absolute atomic E-state index is 0.0875. The predicted octanol–water partition coefficient (Wildman–Crippen LogP) is 3.13. The molecule has 1 fully saturated rings. The van der Waals surface area contributed by atoms with Crippen LogP contribution < -0.4 is 0 Å². The highest BCUT2D eigenvalue weighted by molar-refractivity contribution is 7.89. The van der Waals surface area contributed by atoms with Crippen LogP contribution in [0.1, 0.15) is 49.1 Å². The van der Waals surface area contributed by atoms with Gasteiger partial charge in [-0.1, -0.05) is 12.8 Å². The van der Waals surface area contributed by atoms with E-state index in [1.165, 1.54) is 22.5 Å². The fourth-order valence-electron chi connectivity index (χ4n) is 2.98. The van der Waals surface area contributed by atoms with Crippen molar-refractivity contribution in [2.75, 3.05) is 6.54 Å². The highest BCUT2D eigenvalue weighted by atomic mass is 32.2. The number of aryl methyl sites for hydroxylation is 2. The van der Waals surface area contributed by atoms with E-state index in [2.05, 4.69) is 10.2 Å². The SMILES string of the molecule is Cc1nnc(C2CCCCCN2S(=O)(=O)c2ccc(F)c(C)c2)o1. The monoisotopic (exact) mass is 353 g/mol. The van der Waals surface area contributed by atoms with Gasteiger partial charge in [-0.3, -0.25) is 0 Å². The van der Waals surface area contributed by atoms with Gasteiger partial charge in [-0.05, 0) is 43.5 Å². The van der Waals surface area contributed by atoms with Crippen molar-refractivity contribution < 1.29 is 17.2 Å². The Morgan fingerprint density at radius 3 is 2.67 bits per heavy atom. The Morgan fingerprint density at radius 2 is 2.00 bits per heavy atom. The Morgan fingerprint density at radius 1 is 1.21 bits per heavy atom. The molecule has 0 spiro atoms. The van der Waals surface area contributed by atoms with Crippen molar-refractivity contribution in [3.8, 4) is 0 Å². The molecule has 1 aromatic heterocycles. The van der Waals surface area contributed by atoms with E-state index in [4.69, 9.17) is 4.42 Å². The lowest BCUT2D eigenvalue weighted by molar-refractivity contribution is 0.273. The van der Waals surface area contributed by atoms with Gasteiger partial charge >= 0.3 is 0 Å². The number of hydrogen-bond donors (Lipinski definition) is 0. The van der Waals surface area contributed by atoms with Gasteiger partial charge in [0.15, 0.2) is 0 Å². The van der Waals surface area contributed by atoms with E-state index >= 15 is 0 Å². The molecule has 0 amide bonds. The first-order valence-corrected chi connectivity index (χ1v) is 9.41. The van der Waals surface area contributed by atoms with Gasteiger partial charge < -0.3 is 4.42 Å². The number of sulfonamides is 1. The molecule has 6 nitrogen and oxygen atoms in total. The molecule has 130 valence electrons. The molecule has 0 aliphatic carbocycles. The van der Waals surface area contributed by atoms with E-state index in [-0.39, 0.29) is 4.90 Å². The lowest BCUT2D eigenvalue weighted by Gasteiger charge is -2.26. The summed E-state index contributed by atoms with van der Waals surface area (Å²) in [6.07, 6.45) is 3.22. The molecule has 1 aromatic carbocycles. The largest absolute Gasteiger partial charge is 0.424 e. The van der Waals surface area contributed by atoms with E-state index in [1.54, 1.807) is 13.8 Å². The molecule has 1 atom stereocenters. The van der Waals surface area contributed by atoms with Crippen molar-refractivity contribution in [1.29, 1.82) is 0 Å². The molecule has 24 heavy (non-hydrogen) atoms. The third-order valence-corrected chi connectivity index (χ3v) is 6.17. The fourth-order valence-corrected chi connectivity index (χ4v) is 4.71. The molecule has 8 heteroatoms. The average Bonchev–Trinajstić information content (AvgIpc) is 2.82. The Bertz CT molecular complexity index is 835. The molecule has 0 radical (unpaired) electrons. The van der Waals surface area contributed by atoms with Gasteiger partial charge in [-0.2, -0.15) is 4.31 Å². The van der Waals surface area contributed by atoms with Gasteiger partial charge in [0.1, 0.15) is 11.9 Å². The lowest BCUT2D eigenvalue weighted by atomic mass is 10.1. The summed E-state index contributed by atoms with van der Waals surface area (Å²) in [4.78, 5) is 0.0875. The maximum absolute atomic E-state index is 13.5. The molecule has 1 aliphatic heterocycles. The Hall–Kier alpha value is -1.80. The normalized spacial score (nSPS) is 20.0. The smallest absolute Gasteiger partial charge is 0.243 e. The summed E-state index contributed by atoms with van der Waals surface area (Å²) in [5, 5.41) is 7.84. The summed E-state index contributed by atoms with van der Waals surface area (Å²) in [5.41, 5.74) is 0.302. The summed E-state index contributed by atoms with van der Waals surface area (Å²) < 4.78 is 46.6. The molecular weight excluding hydrogens is 333 g/mol. The molecule has 1 unspecified atom stereocenters. The molecule has 2 aromatic rings. The van der Waals surface area contributed by atoms with Crippen LogP contribution in [0.4, 0.5) is 4.39 Å². The summed E-state index contributed by atoms with van der Waals surface area (Å²) >= 11 is 0. The Balaban J connectivity index is 2.02. The van der Waals surface area contributed by atoms with E-state index in [9.17, 15) is 12.8 Å². The standard InChI is InChI=1S/C16H20FN3O3S/c1-11-10-13(7-8-14(11)17)24(21,22)20-9-5-3-4-6-15(20)16-19-18-12(2)23-16/h7-8,10,15H,3-6,9H2,1-2H3. The van der Waals surface area contributed by atoms with E-state index in [0.29, 0.717) is 30.3 Å². The highest BCUT2D eigenvalue weighted by Crippen LogP contribution is 2.34. The minimum atomic E-state index is -3.77. The zero-order valence-corrected chi connectivity index (χ0v) is 14.5. The third kappa shape index (κ3) is 3.21. The van der Waals surface area contributed by atoms with Crippen LogP contribution in [0.2, 0.25) is 0 Å². The van der Waals surface area contributed by atoms with E-state index in [1.807, 2.05) is 0 Å². The van der Waals surface area contributed by atoms with Gasteiger partial charge in [0.2, 0.25) is 21.8 Å². The zero-order chi connectivity index (χ0) is 17.3. The molecule has 0 bridgehead atoms. The highest BCUT2D eigenvalue weighted by Gasteiger charge is 2.36. The van der Waals surface area contributed by atoms with Crippen LogP contribution >= 0.6 is 0 Å². The van der Waals surface area contributed by atoms with Gasteiger partial charge in [0.25, 0.3) is 0 Å². The number of hydrogen-bond acceptors (Lipinski definition) is 5. The van der Waals surface area contributed by atoms with Crippen molar-refractivity contribution in [1.82, 2.24) is 14.5 Å². The van der Waals surface area contributed by atoms with E-state index < -0.39 is 21.9 Å². The number of aromatic nitrogens is 2. The average molecular weight is 353 g/mol. The third-order valence-electron chi connectivity index (χ3n) is 4.27. The summed E-state index contributed by atoms with van der Waals surface area (Å²) in [7, 11) is -3.77. The second kappa shape index (κ2) is 6.60. The second-order valence-electron chi connectivity index (χ2n) is 6.05. The molecule has 0 N–H and O–H groups in total. The van der Waals surface area contributed by atoms with Crippen molar-refractivity contribution in [2.45, 2.75) is 50.5 Å². The Labute approximate surface area is 140 Å². The van der Waals surface area contributed by atoms with Gasteiger partial charge in [0, 0.05) is 13.5 Å². The summed E-state index contributed by atoms with van der Waals surface area (Å²) in [5.74, 6) is 0.301. The lowest BCUT2D eigenvalue weighted by Crippen LogP contribution is -2.35. The molecule has 1 aliphatic rings. The minimum Gasteiger partial charge on any atom is -0.424 e. The molecule has 1 saturated heterocycles. The first-order valence-electron chi connectivity index (χ1n) is 7.97. The second-order valence-corrected chi connectivity index (χ2v) is 7.94. The number of benzene rings is 1. The molecule has 3 rings (SSSR count). The van der Waals surface area contributed by atoms with Crippen LogP contribution in [-0.4, -0.2) is 29.5 Å². The van der Waals surface area contributed by atoms with Crippen LogP contribution in [0.25, 0.3) is 0 Å². The van der Waals surface area contributed by atoms with E-state index in [0.717, 1.165) is 19.3 Å². The maximum Gasteiger partial charge on any atom is 0.243 e. The molecular formula is C16H20FN3O3S. The quantitative estimate of drug-likeness (QED) is 0.847. The van der Waals surface area contributed by atoms with Gasteiger partial charge in [0.05, 0.1) is 4.90 Å². The van der Waals surface area contributed by atoms with Gasteiger partial charge in [-0.25, -0.2) is 12.8 Å². The molecule has 2 heterocycles. The number of rotatable bonds is 3. The van der Waals surface area contributed by atoms with Crippen LogP contribution in [0.3, 0.4) is 0 Å². The van der Waals surface area contributed by atoms with Crippen LogP contribution in [0, 0.1) is 19.7 Å². The molecule has 0 saturated carbocycles. The fraction of sp³-hybridized carbons (Fsp3) is 0.500. The van der Waals surface area contributed by atoms with Crippen molar-refractivity contribution in [2.24, 2.45) is 0 Å². The Kier molecular flexibility index (Phi) is 4.69. The van der Waals surface area contributed by atoms with Crippen molar-refractivity contribution in [3.63, 3.8) is 0 Å². The topological polar surface area (TPSA) is 76.3 Å². The van der Waals surface area contributed by atoms with Crippen LogP contribution in [0.5, 0.6) is 0 Å². The number of halogens is 1. The number of nitrogens with zero attached hydrogens (tertiary/aromatic N) is 3. The van der Waals surface area contributed by atoms with Gasteiger partial charge in [-0.15, -0.1) is 10.2 Å². The zero-order valence-electron chi connectivity index (χ0n) is 13.7.